The van der Waals surface area contributed by atoms with Gasteiger partial charge in [0.1, 0.15) is 24.4 Å². The summed E-state index contributed by atoms with van der Waals surface area (Å²) in [6, 6.07) is 0. The van der Waals surface area contributed by atoms with Crippen molar-refractivity contribution in [2.75, 3.05) is 13.2 Å². The maximum Gasteiger partial charge on any atom is 0.341 e. The average molecular weight is 322 g/mol. The van der Waals surface area contributed by atoms with Crippen molar-refractivity contribution in [2.24, 2.45) is 0 Å². The van der Waals surface area contributed by atoms with Gasteiger partial charge in [0.15, 0.2) is 6.29 Å². The van der Waals surface area contributed by atoms with Gasteiger partial charge < -0.3 is 39.7 Å². The number of aliphatic hydroxyl groups excluding tert-OH is 4. The number of esters is 1. The summed E-state index contributed by atoms with van der Waals surface area (Å²) in [5, 5.41) is 48.6. The van der Waals surface area contributed by atoms with Crippen LogP contribution in [0.15, 0.2) is 12.2 Å². The second-order valence-electron chi connectivity index (χ2n) is 4.87. The molecule has 0 spiro atoms. The van der Waals surface area contributed by atoms with E-state index in [9.17, 15) is 25.2 Å². The molecule has 2 unspecified atom stereocenters. The third-order valence-electron chi connectivity index (χ3n) is 3.32. The Kier molecular flexibility index (Phi) is 6.44. The van der Waals surface area contributed by atoms with Crippen LogP contribution in [-0.4, -0.2) is 81.2 Å². The van der Waals surface area contributed by atoms with Crippen LogP contribution < -0.4 is 0 Å². The van der Waals surface area contributed by atoms with Gasteiger partial charge in [0.25, 0.3) is 0 Å². The molecule has 0 aromatic rings. The van der Waals surface area contributed by atoms with Crippen LogP contribution in [0.3, 0.4) is 0 Å². The van der Waals surface area contributed by atoms with Gasteiger partial charge in [0, 0.05) is 6.61 Å². The van der Waals surface area contributed by atoms with Crippen molar-refractivity contribution >= 4 is 5.97 Å². The molecule has 6 atom stereocenters. The second kappa shape index (κ2) is 7.47. The van der Waals surface area contributed by atoms with Gasteiger partial charge in [-0.05, 0) is 13.8 Å². The van der Waals surface area contributed by atoms with Crippen LogP contribution in [0.2, 0.25) is 0 Å². The van der Waals surface area contributed by atoms with Gasteiger partial charge in [-0.1, -0.05) is 6.58 Å². The fraction of sp³-hybridized carbons (Fsp3) is 0.769. The number of carbonyl (C=O) groups excluding carboxylic acids is 1. The van der Waals surface area contributed by atoms with E-state index in [4.69, 9.17) is 19.3 Å². The molecule has 1 heterocycles. The van der Waals surface area contributed by atoms with Crippen LogP contribution >= 0.6 is 0 Å². The molecule has 0 bridgehead atoms. The minimum absolute atomic E-state index is 0.280. The Balaban J connectivity index is 2.91. The molecule has 1 aliphatic rings. The molecule has 0 radical (unpaired) electrons. The van der Waals surface area contributed by atoms with E-state index < -0.39 is 54.6 Å². The van der Waals surface area contributed by atoms with Gasteiger partial charge in [-0.2, -0.15) is 0 Å². The highest BCUT2D eigenvalue weighted by Crippen LogP contribution is 2.33. The molecule has 0 aromatic carbocycles. The molecule has 22 heavy (non-hydrogen) atoms. The fourth-order valence-electron chi connectivity index (χ4n) is 2.04. The van der Waals surface area contributed by atoms with Crippen molar-refractivity contribution in [3.05, 3.63) is 12.2 Å². The summed E-state index contributed by atoms with van der Waals surface area (Å²) in [5.41, 5.74) is -0.698. The van der Waals surface area contributed by atoms with Gasteiger partial charge in [-0.25, -0.2) is 4.79 Å². The predicted octanol–water partition coefficient (Wildman–Crippen LogP) is -2.37. The first-order chi connectivity index (χ1) is 10.2. The predicted molar refractivity (Wildman–Crippen MR) is 71.2 cm³/mol. The third-order valence-corrected chi connectivity index (χ3v) is 3.32. The van der Waals surface area contributed by atoms with Crippen molar-refractivity contribution in [3.63, 3.8) is 0 Å². The van der Waals surface area contributed by atoms with E-state index in [0.717, 1.165) is 0 Å². The molecule has 0 saturated carbocycles. The lowest BCUT2D eigenvalue weighted by Crippen LogP contribution is -2.66. The van der Waals surface area contributed by atoms with E-state index in [1.165, 1.54) is 6.92 Å². The number of hydrogen-bond donors (Lipinski definition) is 5. The Labute approximate surface area is 127 Å². The molecule has 1 fully saturated rings. The number of hydrogen-bond acceptors (Lipinski definition) is 9. The number of rotatable bonds is 6. The molecule has 9 nitrogen and oxygen atoms in total. The lowest BCUT2D eigenvalue weighted by Gasteiger charge is -2.45. The van der Waals surface area contributed by atoms with E-state index >= 15 is 0 Å². The zero-order chi connectivity index (χ0) is 17.1. The van der Waals surface area contributed by atoms with Crippen molar-refractivity contribution in [1.29, 1.82) is 0 Å². The molecule has 128 valence electrons. The van der Waals surface area contributed by atoms with Crippen LogP contribution in [0.4, 0.5) is 0 Å². The maximum atomic E-state index is 11.9. The van der Waals surface area contributed by atoms with Crippen LogP contribution in [-0.2, 0) is 19.0 Å². The summed E-state index contributed by atoms with van der Waals surface area (Å²) in [6.45, 7) is 5.94. The molecule has 1 aliphatic heterocycles. The zero-order valence-electron chi connectivity index (χ0n) is 12.4. The molecule has 0 aromatic heterocycles. The highest BCUT2D eigenvalue weighted by Gasteiger charge is 2.56. The lowest BCUT2D eigenvalue weighted by molar-refractivity contribution is -0.331. The molecule has 0 aliphatic carbocycles. The Morgan fingerprint density at radius 1 is 1.36 bits per heavy atom. The van der Waals surface area contributed by atoms with E-state index in [0.29, 0.717) is 0 Å². The molecule has 5 N–H and O–H groups in total. The SMILES string of the molecule is C=C(C(=O)OC(C)OCC)C1(O)O[C@H](CO)[C@@H](O)[C@H](O)[C@H]1O. The fourth-order valence-corrected chi connectivity index (χ4v) is 2.04. The second-order valence-corrected chi connectivity index (χ2v) is 4.87. The lowest BCUT2D eigenvalue weighted by atomic mass is 9.88. The minimum atomic E-state index is -2.71. The first-order valence-electron chi connectivity index (χ1n) is 6.76. The molecule has 1 saturated heterocycles. The van der Waals surface area contributed by atoms with Crippen molar-refractivity contribution < 1.29 is 44.5 Å². The standard InChI is InChI=1S/C13H22O9/c1-4-20-7(3)21-12(18)6(2)13(19)11(17)10(16)9(15)8(5-14)22-13/h7-11,14-17,19H,2,4-5H2,1,3H3/t7?,8-,9-,10+,11-,13?/m1/s1. The Hall–Kier alpha value is -1.07. The summed E-state index contributed by atoms with van der Waals surface area (Å²) < 4.78 is 14.8. The quantitative estimate of drug-likeness (QED) is 0.206. The Morgan fingerprint density at radius 3 is 2.45 bits per heavy atom. The Bertz CT molecular complexity index is 410. The molecule has 1 rings (SSSR count). The summed E-state index contributed by atoms with van der Waals surface area (Å²) >= 11 is 0. The van der Waals surface area contributed by atoms with Crippen LogP contribution in [0, 0.1) is 0 Å². The third kappa shape index (κ3) is 3.63. The smallest absolute Gasteiger partial charge is 0.341 e. The number of ether oxygens (including phenoxy) is 3. The first-order valence-corrected chi connectivity index (χ1v) is 6.76. The maximum absolute atomic E-state index is 11.9. The van der Waals surface area contributed by atoms with Crippen molar-refractivity contribution in [1.82, 2.24) is 0 Å². The minimum Gasteiger partial charge on any atom is -0.433 e. The zero-order valence-corrected chi connectivity index (χ0v) is 12.4. The van der Waals surface area contributed by atoms with Gasteiger partial charge in [0.2, 0.25) is 5.79 Å². The Morgan fingerprint density at radius 2 is 1.95 bits per heavy atom. The summed E-state index contributed by atoms with van der Waals surface area (Å²) in [6.07, 6.45) is -7.91. The van der Waals surface area contributed by atoms with Crippen molar-refractivity contribution in [3.8, 4) is 0 Å². The summed E-state index contributed by atoms with van der Waals surface area (Å²) in [4.78, 5) is 11.9. The van der Waals surface area contributed by atoms with Crippen LogP contribution in [0.5, 0.6) is 0 Å². The van der Waals surface area contributed by atoms with Crippen molar-refractivity contribution in [2.45, 2.75) is 50.3 Å². The van der Waals surface area contributed by atoms with E-state index in [1.807, 2.05) is 0 Å². The van der Waals surface area contributed by atoms with Gasteiger partial charge in [-0.15, -0.1) is 0 Å². The van der Waals surface area contributed by atoms with E-state index in [1.54, 1.807) is 6.92 Å². The topological polar surface area (TPSA) is 146 Å². The highest BCUT2D eigenvalue weighted by atomic mass is 16.7. The monoisotopic (exact) mass is 322 g/mol. The van der Waals surface area contributed by atoms with Crippen LogP contribution in [0.1, 0.15) is 13.8 Å². The van der Waals surface area contributed by atoms with E-state index in [2.05, 4.69) is 6.58 Å². The summed E-state index contributed by atoms with van der Waals surface area (Å²) in [7, 11) is 0. The molecule has 0 amide bonds. The van der Waals surface area contributed by atoms with Gasteiger partial charge in [0.05, 0.1) is 12.2 Å². The molecule has 9 heteroatoms. The van der Waals surface area contributed by atoms with Gasteiger partial charge >= 0.3 is 5.97 Å². The largest absolute Gasteiger partial charge is 0.433 e. The summed E-state index contributed by atoms with van der Waals surface area (Å²) in [5.74, 6) is -3.84. The normalized spacial score (nSPS) is 36.7. The van der Waals surface area contributed by atoms with Gasteiger partial charge in [-0.3, -0.25) is 0 Å². The number of aliphatic hydroxyl groups is 5. The average Bonchev–Trinajstić information content (AvgIpc) is 2.48. The number of carbonyl (C=O) groups is 1. The van der Waals surface area contributed by atoms with E-state index in [-0.39, 0.29) is 6.61 Å². The molecular formula is C13H22O9. The first kappa shape index (κ1) is 19.0. The van der Waals surface area contributed by atoms with Crippen LogP contribution in [0.25, 0.3) is 0 Å². The highest BCUT2D eigenvalue weighted by molar-refractivity contribution is 5.89. The molecular weight excluding hydrogens is 300 g/mol.